The van der Waals surface area contributed by atoms with Gasteiger partial charge in [0.05, 0.1) is 22.8 Å². The molecule has 5 heteroatoms. The average Bonchev–Trinajstić information content (AvgIpc) is 2.33. The number of aromatic nitrogens is 2. The van der Waals surface area contributed by atoms with Crippen molar-refractivity contribution in [3.63, 3.8) is 0 Å². The quantitative estimate of drug-likeness (QED) is 0.641. The van der Waals surface area contributed by atoms with Gasteiger partial charge in [0.1, 0.15) is 0 Å². The first-order valence-electron chi connectivity index (χ1n) is 5.82. The zero-order valence-electron chi connectivity index (χ0n) is 9.64. The number of aromatic amines is 1. The summed E-state index contributed by atoms with van der Waals surface area (Å²) in [6.45, 7) is 0. The number of hydrogen-bond donors (Lipinski definition) is 1. The fourth-order valence-electron chi connectivity index (χ4n) is 2.39. The lowest BCUT2D eigenvalue weighted by molar-refractivity contribution is 0.256. The Balaban J connectivity index is 2.16. The van der Waals surface area contributed by atoms with Gasteiger partial charge in [-0.2, -0.15) is 4.99 Å². The molecule has 0 bridgehead atoms. The van der Waals surface area contributed by atoms with Gasteiger partial charge in [-0.1, -0.05) is 6.07 Å². The molecule has 0 saturated heterocycles. The molecule has 90 valence electrons. The molecule has 0 atom stereocenters. The predicted molar refractivity (Wildman–Crippen MR) is 66.0 cm³/mol. The van der Waals surface area contributed by atoms with Crippen LogP contribution in [0.3, 0.4) is 0 Å². The molecule has 0 amide bonds. The van der Waals surface area contributed by atoms with Crippen LogP contribution >= 0.6 is 0 Å². The Bertz CT molecular complexity index is 709. The summed E-state index contributed by atoms with van der Waals surface area (Å²) in [5, 5.41) is 0. The molecule has 1 fully saturated rings. The molecule has 3 rings (SSSR count). The number of hydrogen-bond acceptors (Lipinski definition) is 4. The molecule has 1 aliphatic rings. The Morgan fingerprint density at radius 1 is 1.39 bits per heavy atom. The van der Waals surface area contributed by atoms with Gasteiger partial charge < -0.3 is 4.98 Å². The molecule has 5 nitrogen and oxygen atoms in total. The van der Waals surface area contributed by atoms with Crippen LogP contribution in [-0.2, 0) is 10.3 Å². The Morgan fingerprint density at radius 2 is 2.22 bits per heavy atom. The number of rotatable bonds is 2. The second kappa shape index (κ2) is 3.89. The van der Waals surface area contributed by atoms with Crippen molar-refractivity contribution in [3.8, 4) is 0 Å². The summed E-state index contributed by atoms with van der Waals surface area (Å²) in [5.74, 6) is 0. The summed E-state index contributed by atoms with van der Waals surface area (Å²) < 4.78 is 0. The van der Waals surface area contributed by atoms with Gasteiger partial charge in [-0.15, -0.1) is 0 Å². The van der Waals surface area contributed by atoms with Gasteiger partial charge in [-0.3, -0.25) is 4.79 Å². The van der Waals surface area contributed by atoms with Gasteiger partial charge in [-0.05, 0) is 37.0 Å². The Kier molecular flexibility index (Phi) is 2.35. The lowest BCUT2D eigenvalue weighted by Crippen LogP contribution is -2.31. The topological polar surface area (TPSA) is 75.2 Å². The third-order valence-corrected chi connectivity index (χ3v) is 3.55. The molecule has 0 spiro atoms. The molecular weight excluding hydrogens is 230 g/mol. The van der Waals surface area contributed by atoms with Crippen LogP contribution in [0, 0.1) is 0 Å². The van der Waals surface area contributed by atoms with Crippen LogP contribution in [-0.4, -0.2) is 16.0 Å². The number of nitrogens with zero attached hydrogens (tertiary/aromatic N) is 2. The van der Waals surface area contributed by atoms with Crippen LogP contribution < -0.4 is 5.56 Å². The number of aliphatic imine (C=N–C) groups is 1. The Morgan fingerprint density at radius 3 is 2.89 bits per heavy atom. The van der Waals surface area contributed by atoms with E-state index >= 15 is 0 Å². The third-order valence-electron chi connectivity index (χ3n) is 3.55. The maximum atomic E-state index is 11.1. The zero-order valence-corrected chi connectivity index (χ0v) is 9.64. The normalized spacial score (nSPS) is 16.9. The zero-order chi connectivity index (χ0) is 12.6. The number of fused-ring (bicyclic) bond motifs is 1. The lowest BCUT2D eigenvalue weighted by Gasteiger charge is -2.37. The fraction of sp³-hybridized carbons (Fsp3) is 0.308. The van der Waals surface area contributed by atoms with E-state index in [1.807, 2.05) is 12.1 Å². The minimum Gasteiger partial charge on any atom is -0.319 e. The van der Waals surface area contributed by atoms with Gasteiger partial charge in [0.25, 0.3) is 5.56 Å². The maximum absolute atomic E-state index is 11.1. The fourth-order valence-corrected chi connectivity index (χ4v) is 2.39. The van der Waals surface area contributed by atoms with Gasteiger partial charge in [0.2, 0.25) is 6.08 Å². The average molecular weight is 241 g/mol. The minimum atomic E-state index is -0.423. The van der Waals surface area contributed by atoms with Crippen molar-refractivity contribution in [1.82, 2.24) is 9.97 Å². The number of carbonyl (C=O) groups excluding carboxylic acids is 1. The van der Waals surface area contributed by atoms with Gasteiger partial charge in [0.15, 0.2) is 0 Å². The molecule has 1 N–H and O–H groups in total. The van der Waals surface area contributed by atoms with Crippen molar-refractivity contribution in [2.45, 2.75) is 24.8 Å². The number of benzene rings is 1. The van der Waals surface area contributed by atoms with Crippen molar-refractivity contribution in [3.05, 3.63) is 40.3 Å². The van der Waals surface area contributed by atoms with E-state index in [-0.39, 0.29) is 5.56 Å². The van der Waals surface area contributed by atoms with E-state index in [4.69, 9.17) is 0 Å². The monoisotopic (exact) mass is 241 g/mol. The number of H-pyrrole nitrogens is 1. The van der Waals surface area contributed by atoms with Crippen molar-refractivity contribution in [2.75, 3.05) is 0 Å². The van der Waals surface area contributed by atoms with E-state index in [0.29, 0.717) is 11.0 Å². The first-order chi connectivity index (χ1) is 8.73. The summed E-state index contributed by atoms with van der Waals surface area (Å²) in [6, 6.07) is 5.57. The van der Waals surface area contributed by atoms with Crippen molar-refractivity contribution in [2.24, 2.45) is 4.99 Å². The molecule has 0 aliphatic heterocycles. The van der Waals surface area contributed by atoms with E-state index in [9.17, 15) is 9.59 Å². The van der Waals surface area contributed by atoms with Crippen molar-refractivity contribution in [1.29, 1.82) is 0 Å². The summed E-state index contributed by atoms with van der Waals surface area (Å²) >= 11 is 0. The molecule has 1 heterocycles. The molecule has 1 aromatic carbocycles. The summed E-state index contributed by atoms with van der Waals surface area (Å²) in [6.07, 6.45) is 5.69. The molecule has 0 radical (unpaired) electrons. The Hall–Kier alpha value is -2.26. The lowest BCUT2D eigenvalue weighted by atomic mass is 9.72. The standard InChI is InChI=1S/C13H11N3O2/c17-8-15-13(4-1-5-13)9-2-3-10-11(6-9)14-7-12(18)16-10/h2-3,6-7H,1,4-5H2,(H,16,18). The van der Waals surface area contributed by atoms with Crippen molar-refractivity contribution >= 4 is 17.1 Å². The molecule has 18 heavy (non-hydrogen) atoms. The van der Waals surface area contributed by atoms with Gasteiger partial charge >= 0.3 is 0 Å². The van der Waals surface area contributed by atoms with Crippen LogP contribution in [0.5, 0.6) is 0 Å². The van der Waals surface area contributed by atoms with Gasteiger partial charge in [-0.25, -0.2) is 9.78 Å². The van der Waals surface area contributed by atoms with Crippen LogP contribution in [0.25, 0.3) is 11.0 Å². The highest BCUT2D eigenvalue weighted by Gasteiger charge is 2.38. The van der Waals surface area contributed by atoms with Gasteiger partial charge in [0, 0.05) is 0 Å². The first-order valence-corrected chi connectivity index (χ1v) is 5.82. The molecule has 1 saturated carbocycles. The smallest absolute Gasteiger partial charge is 0.266 e. The van der Waals surface area contributed by atoms with E-state index < -0.39 is 5.54 Å². The second-order valence-corrected chi connectivity index (χ2v) is 4.57. The van der Waals surface area contributed by atoms with Crippen LogP contribution in [0.4, 0.5) is 0 Å². The van der Waals surface area contributed by atoms with E-state index in [2.05, 4.69) is 15.0 Å². The minimum absolute atomic E-state index is 0.223. The summed E-state index contributed by atoms with van der Waals surface area (Å²) in [7, 11) is 0. The largest absolute Gasteiger partial charge is 0.319 e. The highest BCUT2D eigenvalue weighted by Crippen LogP contribution is 2.44. The maximum Gasteiger partial charge on any atom is 0.266 e. The number of nitrogens with one attached hydrogen (secondary N) is 1. The second-order valence-electron chi connectivity index (χ2n) is 4.57. The van der Waals surface area contributed by atoms with Crippen molar-refractivity contribution < 1.29 is 4.79 Å². The summed E-state index contributed by atoms with van der Waals surface area (Å²) in [5.41, 5.74) is 1.72. The van der Waals surface area contributed by atoms with E-state index in [1.165, 1.54) is 6.20 Å². The molecule has 0 unspecified atom stereocenters. The molecule has 1 aromatic heterocycles. The summed E-state index contributed by atoms with van der Waals surface area (Å²) in [4.78, 5) is 32.4. The molecule has 2 aromatic rings. The first kappa shape index (κ1) is 10.9. The SMILES string of the molecule is O=C=NC1(c2ccc3[nH]c(=O)cnc3c2)CCC1. The highest BCUT2D eigenvalue weighted by atomic mass is 16.1. The van der Waals surface area contributed by atoms with Crippen LogP contribution in [0.2, 0.25) is 0 Å². The van der Waals surface area contributed by atoms with E-state index in [0.717, 1.165) is 24.8 Å². The third kappa shape index (κ3) is 1.57. The Labute approximate surface area is 103 Å². The molecule has 1 aliphatic carbocycles. The number of isocyanates is 1. The van der Waals surface area contributed by atoms with Crippen LogP contribution in [0.1, 0.15) is 24.8 Å². The highest BCUT2D eigenvalue weighted by molar-refractivity contribution is 5.74. The predicted octanol–water partition coefficient (Wildman–Crippen LogP) is 1.64. The van der Waals surface area contributed by atoms with E-state index in [1.54, 1.807) is 12.1 Å². The molecular formula is C13H11N3O2. The van der Waals surface area contributed by atoms with Crippen LogP contribution in [0.15, 0.2) is 34.2 Å².